The van der Waals surface area contributed by atoms with Gasteiger partial charge >= 0.3 is 5.97 Å². The number of rotatable bonds is 8. The number of methoxy groups -OCH3 is 1. The number of esters is 1. The Morgan fingerprint density at radius 3 is 2.57 bits per heavy atom. The first-order valence-electron chi connectivity index (χ1n) is 8.90. The summed E-state index contributed by atoms with van der Waals surface area (Å²) in [6.07, 6.45) is 0.842. The van der Waals surface area contributed by atoms with Gasteiger partial charge in [0.15, 0.2) is 18.1 Å². The van der Waals surface area contributed by atoms with Crippen LogP contribution >= 0.6 is 15.9 Å². The van der Waals surface area contributed by atoms with Crippen molar-refractivity contribution >= 4 is 33.5 Å². The second-order valence-electron chi connectivity index (χ2n) is 6.28. The molecule has 0 aliphatic carbocycles. The summed E-state index contributed by atoms with van der Waals surface area (Å²) in [4.78, 5) is 24.5. The fourth-order valence-corrected chi connectivity index (χ4v) is 3.01. The van der Waals surface area contributed by atoms with Gasteiger partial charge in [-0.05, 0) is 65.5 Å². The van der Waals surface area contributed by atoms with Crippen LogP contribution in [0.5, 0.6) is 11.5 Å². The van der Waals surface area contributed by atoms with Gasteiger partial charge in [0, 0.05) is 5.69 Å². The van der Waals surface area contributed by atoms with Gasteiger partial charge < -0.3 is 19.5 Å². The summed E-state index contributed by atoms with van der Waals surface area (Å²) in [6, 6.07) is 8.86. The lowest BCUT2D eigenvalue weighted by Gasteiger charge is -2.14. The summed E-state index contributed by atoms with van der Waals surface area (Å²) >= 11 is 3.38. The molecule has 2 rings (SSSR count). The summed E-state index contributed by atoms with van der Waals surface area (Å²) in [6.45, 7) is 5.97. The molecule has 0 bridgehead atoms. The average Bonchev–Trinajstić information content (AvgIpc) is 2.67. The molecule has 2 aromatic carbocycles. The highest BCUT2D eigenvalue weighted by Gasteiger charge is 2.17. The molecular formula is C21H24BrNO5. The van der Waals surface area contributed by atoms with Crippen LogP contribution in [0.3, 0.4) is 0 Å². The number of hydrogen-bond donors (Lipinski definition) is 1. The molecule has 0 aromatic heterocycles. The second kappa shape index (κ2) is 10.1. The van der Waals surface area contributed by atoms with E-state index >= 15 is 0 Å². The number of carbonyl (C=O) groups is 2. The number of nitrogens with one attached hydrogen (secondary N) is 1. The molecule has 0 heterocycles. The zero-order valence-electron chi connectivity index (χ0n) is 16.4. The minimum Gasteiger partial charge on any atom is -0.493 e. The average molecular weight is 450 g/mol. The Bertz CT molecular complexity index is 866. The maximum absolute atomic E-state index is 12.3. The van der Waals surface area contributed by atoms with Crippen LogP contribution in [0.15, 0.2) is 34.8 Å². The number of ether oxygens (including phenoxy) is 3. The van der Waals surface area contributed by atoms with Crippen molar-refractivity contribution in [2.75, 3.05) is 25.6 Å². The van der Waals surface area contributed by atoms with E-state index in [-0.39, 0.29) is 12.2 Å². The molecule has 0 saturated heterocycles. The highest BCUT2D eigenvalue weighted by atomic mass is 79.9. The maximum atomic E-state index is 12.3. The summed E-state index contributed by atoms with van der Waals surface area (Å²) < 4.78 is 16.7. The van der Waals surface area contributed by atoms with E-state index in [0.29, 0.717) is 28.3 Å². The summed E-state index contributed by atoms with van der Waals surface area (Å²) in [5.74, 6) is -0.101. The molecule has 0 radical (unpaired) electrons. The molecule has 0 atom stereocenters. The smallest absolute Gasteiger partial charge is 0.338 e. The van der Waals surface area contributed by atoms with Gasteiger partial charge in [0.05, 0.1) is 23.8 Å². The van der Waals surface area contributed by atoms with Crippen molar-refractivity contribution in [3.63, 3.8) is 0 Å². The molecule has 2 aromatic rings. The summed E-state index contributed by atoms with van der Waals surface area (Å²) in [7, 11) is 1.49. The molecule has 0 spiro atoms. The Hall–Kier alpha value is -2.54. The number of aryl methyl sites for hydroxylation is 2. The van der Waals surface area contributed by atoms with Crippen molar-refractivity contribution < 1.29 is 23.8 Å². The Labute approximate surface area is 173 Å². The van der Waals surface area contributed by atoms with Gasteiger partial charge in [-0.1, -0.05) is 19.1 Å². The van der Waals surface area contributed by atoms with Crippen molar-refractivity contribution in [3.8, 4) is 11.5 Å². The third-order valence-corrected chi connectivity index (χ3v) is 4.51. The van der Waals surface area contributed by atoms with Gasteiger partial charge in [-0.3, -0.25) is 4.79 Å². The first kappa shape index (κ1) is 21.8. The largest absolute Gasteiger partial charge is 0.493 e. The standard InChI is InChI=1S/C21H24BrNO5/c1-5-8-27-20-16(22)10-15(11-18(20)26-4)21(25)28-12-19(24)23-17-9-13(2)6-7-14(17)3/h6-7,9-11H,5,8,12H2,1-4H3,(H,23,24). The number of carbonyl (C=O) groups excluding carboxylic acids is 2. The Morgan fingerprint density at radius 1 is 1.14 bits per heavy atom. The van der Waals surface area contributed by atoms with Crippen LogP contribution < -0.4 is 14.8 Å². The fourth-order valence-electron chi connectivity index (χ4n) is 2.45. The number of benzene rings is 2. The van der Waals surface area contributed by atoms with Gasteiger partial charge in [0.2, 0.25) is 0 Å². The lowest BCUT2D eigenvalue weighted by molar-refractivity contribution is -0.119. The third-order valence-electron chi connectivity index (χ3n) is 3.92. The Morgan fingerprint density at radius 2 is 1.89 bits per heavy atom. The molecule has 28 heavy (non-hydrogen) atoms. The Kier molecular flexibility index (Phi) is 7.87. The van der Waals surface area contributed by atoms with Crippen molar-refractivity contribution in [2.45, 2.75) is 27.2 Å². The molecule has 0 saturated carbocycles. The lowest BCUT2D eigenvalue weighted by atomic mass is 10.1. The number of amides is 1. The van der Waals surface area contributed by atoms with Crippen molar-refractivity contribution in [1.82, 2.24) is 0 Å². The van der Waals surface area contributed by atoms with Gasteiger partial charge in [0.1, 0.15) is 0 Å². The van der Waals surface area contributed by atoms with Crippen LogP contribution in [0.25, 0.3) is 0 Å². The molecule has 0 aliphatic heterocycles. The molecule has 1 N–H and O–H groups in total. The maximum Gasteiger partial charge on any atom is 0.338 e. The van der Waals surface area contributed by atoms with E-state index in [4.69, 9.17) is 14.2 Å². The van der Waals surface area contributed by atoms with Gasteiger partial charge in [-0.2, -0.15) is 0 Å². The molecule has 1 amide bonds. The predicted molar refractivity (Wildman–Crippen MR) is 111 cm³/mol. The van der Waals surface area contributed by atoms with Crippen LogP contribution in [0, 0.1) is 13.8 Å². The molecule has 7 heteroatoms. The van der Waals surface area contributed by atoms with E-state index in [1.165, 1.54) is 13.2 Å². The molecule has 150 valence electrons. The first-order valence-corrected chi connectivity index (χ1v) is 9.69. The zero-order valence-corrected chi connectivity index (χ0v) is 18.0. The fraction of sp³-hybridized carbons (Fsp3) is 0.333. The van der Waals surface area contributed by atoms with Crippen molar-refractivity contribution in [3.05, 3.63) is 51.5 Å². The predicted octanol–water partition coefficient (Wildman–Crippen LogP) is 4.66. The quantitative estimate of drug-likeness (QED) is 0.593. The summed E-state index contributed by atoms with van der Waals surface area (Å²) in [5, 5.41) is 2.75. The molecule has 0 unspecified atom stereocenters. The van der Waals surface area contributed by atoms with Crippen molar-refractivity contribution in [1.29, 1.82) is 0 Å². The summed E-state index contributed by atoms with van der Waals surface area (Å²) in [5.41, 5.74) is 2.91. The van der Waals surface area contributed by atoms with Crippen LogP contribution in [0.4, 0.5) is 5.69 Å². The lowest BCUT2D eigenvalue weighted by Crippen LogP contribution is -2.21. The second-order valence-corrected chi connectivity index (χ2v) is 7.13. The van der Waals surface area contributed by atoms with E-state index in [9.17, 15) is 9.59 Å². The number of anilines is 1. The van der Waals surface area contributed by atoms with Crippen LogP contribution in [0.1, 0.15) is 34.8 Å². The van der Waals surface area contributed by atoms with E-state index in [0.717, 1.165) is 17.5 Å². The first-order chi connectivity index (χ1) is 13.3. The SMILES string of the molecule is CCCOc1c(Br)cc(C(=O)OCC(=O)Nc2cc(C)ccc2C)cc1OC. The minimum atomic E-state index is -0.628. The monoisotopic (exact) mass is 449 g/mol. The molecular weight excluding hydrogens is 426 g/mol. The van der Waals surface area contributed by atoms with E-state index < -0.39 is 11.9 Å². The number of halogens is 1. The van der Waals surface area contributed by atoms with Crippen molar-refractivity contribution in [2.24, 2.45) is 0 Å². The van der Waals surface area contributed by atoms with E-state index in [2.05, 4.69) is 21.2 Å². The molecule has 6 nitrogen and oxygen atoms in total. The van der Waals surface area contributed by atoms with Gasteiger partial charge in [-0.25, -0.2) is 4.79 Å². The highest BCUT2D eigenvalue weighted by molar-refractivity contribution is 9.10. The highest BCUT2D eigenvalue weighted by Crippen LogP contribution is 2.37. The van der Waals surface area contributed by atoms with Gasteiger partial charge in [-0.15, -0.1) is 0 Å². The molecule has 0 aliphatic rings. The van der Waals surface area contributed by atoms with Crippen LogP contribution in [0.2, 0.25) is 0 Å². The van der Waals surface area contributed by atoms with Crippen LogP contribution in [-0.4, -0.2) is 32.2 Å². The minimum absolute atomic E-state index is 0.257. The number of hydrogen-bond acceptors (Lipinski definition) is 5. The topological polar surface area (TPSA) is 73.9 Å². The van der Waals surface area contributed by atoms with E-state index in [1.807, 2.05) is 39.0 Å². The third kappa shape index (κ3) is 5.73. The van der Waals surface area contributed by atoms with E-state index in [1.54, 1.807) is 6.07 Å². The van der Waals surface area contributed by atoms with Gasteiger partial charge in [0.25, 0.3) is 5.91 Å². The molecule has 0 fully saturated rings. The van der Waals surface area contributed by atoms with Crippen LogP contribution in [-0.2, 0) is 9.53 Å². The zero-order chi connectivity index (χ0) is 20.7. The normalized spacial score (nSPS) is 10.3. The Balaban J connectivity index is 2.03.